The van der Waals surface area contributed by atoms with E-state index in [1.807, 2.05) is 12.1 Å². The number of nitrogens with zero attached hydrogens (tertiary/aromatic N) is 1. The second kappa shape index (κ2) is 8.62. The number of benzene rings is 1. The number of hydrogen-bond acceptors (Lipinski definition) is 4. The molecule has 1 unspecified atom stereocenters. The SMILES string of the molecule is NCC(NC(=O)c1ccc(Oc2cccnc2)cc1)C1CCCCC1. The molecule has 1 heterocycles. The first-order chi connectivity index (χ1) is 12.3. The van der Waals surface area contributed by atoms with Gasteiger partial charge >= 0.3 is 0 Å². The summed E-state index contributed by atoms with van der Waals surface area (Å²) in [7, 11) is 0. The fourth-order valence-corrected chi connectivity index (χ4v) is 3.38. The number of amides is 1. The number of carbonyl (C=O) groups excluding carboxylic acids is 1. The lowest BCUT2D eigenvalue weighted by molar-refractivity contribution is 0.0915. The fourth-order valence-electron chi connectivity index (χ4n) is 3.38. The minimum atomic E-state index is -0.0750. The van der Waals surface area contributed by atoms with Crippen molar-refractivity contribution in [3.63, 3.8) is 0 Å². The van der Waals surface area contributed by atoms with E-state index in [9.17, 15) is 4.79 Å². The number of ether oxygens (including phenoxy) is 1. The summed E-state index contributed by atoms with van der Waals surface area (Å²) in [5, 5.41) is 3.11. The van der Waals surface area contributed by atoms with Gasteiger partial charge in [0.1, 0.15) is 11.5 Å². The standard InChI is InChI=1S/C20H25N3O2/c21-13-19(15-5-2-1-3-6-15)23-20(24)16-8-10-17(11-9-16)25-18-7-4-12-22-14-18/h4,7-12,14-15,19H,1-3,5-6,13,21H2,(H,23,24). The predicted molar refractivity (Wildman–Crippen MR) is 97.6 cm³/mol. The van der Waals surface area contributed by atoms with Crippen molar-refractivity contribution in [2.45, 2.75) is 38.1 Å². The summed E-state index contributed by atoms with van der Waals surface area (Å²) in [5.74, 6) is 1.76. The Morgan fingerprint density at radius 1 is 1.16 bits per heavy atom. The van der Waals surface area contributed by atoms with Gasteiger partial charge in [0.25, 0.3) is 5.91 Å². The highest BCUT2D eigenvalue weighted by Gasteiger charge is 2.24. The fraction of sp³-hybridized carbons (Fsp3) is 0.400. The van der Waals surface area contributed by atoms with Gasteiger partial charge in [0.05, 0.1) is 6.20 Å². The van der Waals surface area contributed by atoms with E-state index in [4.69, 9.17) is 10.5 Å². The zero-order chi connectivity index (χ0) is 17.5. The van der Waals surface area contributed by atoms with E-state index in [0.29, 0.717) is 29.5 Å². The van der Waals surface area contributed by atoms with Gasteiger partial charge < -0.3 is 15.8 Å². The third-order valence-electron chi connectivity index (χ3n) is 4.78. The molecule has 0 saturated heterocycles. The molecule has 1 fully saturated rings. The lowest BCUT2D eigenvalue weighted by atomic mass is 9.84. The van der Waals surface area contributed by atoms with Crippen LogP contribution < -0.4 is 15.8 Å². The quantitative estimate of drug-likeness (QED) is 0.844. The zero-order valence-corrected chi connectivity index (χ0v) is 14.4. The molecule has 0 aliphatic heterocycles. The van der Waals surface area contributed by atoms with Crippen LogP contribution in [-0.4, -0.2) is 23.5 Å². The van der Waals surface area contributed by atoms with Crippen molar-refractivity contribution in [2.24, 2.45) is 11.7 Å². The Hall–Kier alpha value is -2.40. The van der Waals surface area contributed by atoms with Gasteiger partial charge in [0.15, 0.2) is 0 Å². The summed E-state index contributed by atoms with van der Waals surface area (Å²) in [6, 6.07) is 10.8. The van der Waals surface area contributed by atoms with Crippen LogP contribution in [0.4, 0.5) is 0 Å². The Bertz CT molecular complexity index is 667. The summed E-state index contributed by atoms with van der Waals surface area (Å²) >= 11 is 0. The molecule has 1 aromatic carbocycles. The van der Waals surface area contributed by atoms with E-state index in [1.165, 1.54) is 19.3 Å². The van der Waals surface area contributed by atoms with Crippen LogP contribution in [-0.2, 0) is 0 Å². The van der Waals surface area contributed by atoms with Crippen LogP contribution in [0.3, 0.4) is 0 Å². The molecule has 1 aliphatic rings. The Balaban J connectivity index is 1.60. The van der Waals surface area contributed by atoms with E-state index in [0.717, 1.165) is 12.8 Å². The number of pyridine rings is 1. The monoisotopic (exact) mass is 339 g/mol. The first-order valence-corrected chi connectivity index (χ1v) is 8.95. The molecule has 3 N–H and O–H groups in total. The smallest absolute Gasteiger partial charge is 0.251 e. The zero-order valence-electron chi connectivity index (χ0n) is 14.4. The van der Waals surface area contributed by atoms with Gasteiger partial charge in [-0.05, 0) is 55.2 Å². The van der Waals surface area contributed by atoms with Crippen LogP contribution in [0.5, 0.6) is 11.5 Å². The maximum Gasteiger partial charge on any atom is 0.251 e. The van der Waals surface area contributed by atoms with Gasteiger partial charge in [-0.25, -0.2) is 0 Å². The molecule has 0 spiro atoms. The lowest BCUT2D eigenvalue weighted by Crippen LogP contribution is -2.45. The molecule has 2 aromatic rings. The molecule has 25 heavy (non-hydrogen) atoms. The highest BCUT2D eigenvalue weighted by atomic mass is 16.5. The highest BCUT2D eigenvalue weighted by Crippen LogP contribution is 2.26. The van der Waals surface area contributed by atoms with Crippen LogP contribution in [0.1, 0.15) is 42.5 Å². The summed E-state index contributed by atoms with van der Waals surface area (Å²) in [4.78, 5) is 16.5. The number of nitrogens with two attached hydrogens (primary N) is 1. The summed E-state index contributed by atoms with van der Waals surface area (Å²) < 4.78 is 5.70. The maximum absolute atomic E-state index is 12.5. The predicted octanol–water partition coefficient (Wildman–Crippen LogP) is 3.51. The first-order valence-electron chi connectivity index (χ1n) is 8.95. The normalized spacial score (nSPS) is 16.2. The van der Waals surface area contributed by atoms with E-state index in [1.54, 1.807) is 36.7 Å². The van der Waals surface area contributed by atoms with Crippen molar-refractivity contribution in [2.75, 3.05) is 6.54 Å². The number of aromatic nitrogens is 1. The van der Waals surface area contributed by atoms with Crippen LogP contribution >= 0.6 is 0 Å². The minimum Gasteiger partial charge on any atom is -0.456 e. The summed E-state index contributed by atoms with van der Waals surface area (Å²) in [6.07, 6.45) is 9.41. The summed E-state index contributed by atoms with van der Waals surface area (Å²) in [5.41, 5.74) is 6.52. The third kappa shape index (κ3) is 4.79. The molecule has 1 amide bonds. The van der Waals surface area contributed by atoms with E-state index >= 15 is 0 Å². The van der Waals surface area contributed by atoms with E-state index in [-0.39, 0.29) is 11.9 Å². The van der Waals surface area contributed by atoms with Crippen molar-refractivity contribution in [1.82, 2.24) is 10.3 Å². The molecular weight excluding hydrogens is 314 g/mol. The van der Waals surface area contributed by atoms with E-state index in [2.05, 4.69) is 10.3 Å². The van der Waals surface area contributed by atoms with Gasteiger partial charge in [-0.2, -0.15) is 0 Å². The van der Waals surface area contributed by atoms with Crippen molar-refractivity contribution in [3.8, 4) is 11.5 Å². The number of rotatable bonds is 6. The molecule has 132 valence electrons. The van der Waals surface area contributed by atoms with Gasteiger partial charge in [-0.3, -0.25) is 9.78 Å². The number of hydrogen-bond donors (Lipinski definition) is 2. The van der Waals surface area contributed by atoms with Crippen molar-refractivity contribution < 1.29 is 9.53 Å². The molecule has 1 aromatic heterocycles. The minimum absolute atomic E-state index is 0.0547. The average molecular weight is 339 g/mol. The largest absolute Gasteiger partial charge is 0.456 e. The molecule has 3 rings (SSSR count). The molecule has 1 atom stereocenters. The molecule has 0 bridgehead atoms. The van der Waals surface area contributed by atoms with Gasteiger partial charge in [0, 0.05) is 24.3 Å². The second-order valence-electron chi connectivity index (χ2n) is 6.53. The molecule has 5 heteroatoms. The van der Waals surface area contributed by atoms with Gasteiger partial charge in [-0.15, -0.1) is 0 Å². The summed E-state index contributed by atoms with van der Waals surface area (Å²) in [6.45, 7) is 0.485. The molecular formula is C20H25N3O2. The van der Waals surface area contributed by atoms with Crippen molar-refractivity contribution in [1.29, 1.82) is 0 Å². The number of carbonyl (C=O) groups is 1. The second-order valence-corrected chi connectivity index (χ2v) is 6.53. The van der Waals surface area contributed by atoms with Crippen LogP contribution in [0.15, 0.2) is 48.8 Å². The van der Waals surface area contributed by atoms with Crippen molar-refractivity contribution in [3.05, 3.63) is 54.4 Å². The van der Waals surface area contributed by atoms with Crippen LogP contribution in [0.2, 0.25) is 0 Å². The average Bonchev–Trinajstić information content (AvgIpc) is 2.68. The van der Waals surface area contributed by atoms with Gasteiger partial charge in [0.2, 0.25) is 0 Å². The molecule has 0 radical (unpaired) electrons. The molecule has 1 saturated carbocycles. The lowest BCUT2D eigenvalue weighted by Gasteiger charge is -2.30. The topological polar surface area (TPSA) is 77.2 Å². The van der Waals surface area contributed by atoms with Crippen LogP contribution in [0.25, 0.3) is 0 Å². The van der Waals surface area contributed by atoms with Gasteiger partial charge in [-0.1, -0.05) is 19.3 Å². The first kappa shape index (κ1) is 17.4. The van der Waals surface area contributed by atoms with E-state index < -0.39 is 0 Å². The third-order valence-corrected chi connectivity index (χ3v) is 4.78. The molecule has 1 aliphatic carbocycles. The highest BCUT2D eigenvalue weighted by molar-refractivity contribution is 5.94. The number of nitrogens with one attached hydrogen (secondary N) is 1. The Morgan fingerprint density at radius 3 is 2.56 bits per heavy atom. The Morgan fingerprint density at radius 2 is 1.92 bits per heavy atom. The van der Waals surface area contributed by atoms with Crippen molar-refractivity contribution >= 4 is 5.91 Å². The molecule has 5 nitrogen and oxygen atoms in total. The maximum atomic E-state index is 12.5. The Labute approximate surface area is 148 Å². The Kier molecular flexibility index (Phi) is 6.01. The van der Waals surface area contributed by atoms with Crippen LogP contribution in [0, 0.1) is 5.92 Å².